The Morgan fingerprint density at radius 3 is 1.77 bits per heavy atom. The summed E-state index contributed by atoms with van der Waals surface area (Å²) in [5.74, 6) is 0.155. The van der Waals surface area contributed by atoms with Gasteiger partial charge in [0.1, 0.15) is 5.75 Å². The van der Waals surface area contributed by atoms with Crippen LogP contribution in [0.25, 0.3) is 94.6 Å². The second-order valence-corrected chi connectivity index (χ2v) is 19.5. The van der Waals surface area contributed by atoms with Gasteiger partial charge in [-0.15, -0.1) is 24.3 Å². The van der Waals surface area contributed by atoms with Crippen molar-refractivity contribution < 1.29 is 39.3 Å². The van der Waals surface area contributed by atoms with E-state index >= 15 is 0 Å². The van der Waals surface area contributed by atoms with Gasteiger partial charge in [0.15, 0.2) is 0 Å². The van der Waals surface area contributed by atoms with Crippen LogP contribution < -0.4 is 0 Å². The molecule has 0 saturated heterocycles. The first-order valence-corrected chi connectivity index (χ1v) is 22.8. The van der Waals surface area contributed by atoms with E-state index in [0.29, 0.717) is 28.1 Å². The summed E-state index contributed by atoms with van der Waals surface area (Å²) in [6.45, 7) is 13.4. The number of phenols is 1. The molecule has 0 fully saturated rings. The number of alkyl halides is 3. The van der Waals surface area contributed by atoms with Gasteiger partial charge in [-0.2, -0.15) is 13.2 Å². The maximum atomic E-state index is 13.6. The molecule has 10 aromatic rings. The quantitative estimate of drug-likeness (QED) is 0.162. The Kier molecular flexibility index (Phi) is 12.3. The third-order valence-electron chi connectivity index (χ3n) is 12.8. The first-order chi connectivity index (χ1) is 32.5. The van der Waals surface area contributed by atoms with Gasteiger partial charge in [-0.3, -0.25) is 9.97 Å². The van der Waals surface area contributed by atoms with E-state index in [9.17, 15) is 18.3 Å². The largest absolute Gasteiger partial charge is 0.507 e. The zero-order chi connectivity index (χ0) is 47.5. The summed E-state index contributed by atoms with van der Waals surface area (Å²) >= 11 is 0. The Morgan fingerprint density at radius 2 is 1.06 bits per heavy atom. The van der Waals surface area contributed by atoms with Crippen molar-refractivity contribution in [1.29, 1.82) is 0 Å². The van der Waals surface area contributed by atoms with Gasteiger partial charge < -0.3 is 9.67 Å². The van der Waals surface area contributed by atoms with Crippen LogP contribution >= 0.6 is 0 Å². The summed E-state index contributed by atoms with van der Waals surface area (Å²) in [6.07, 6.45) is -2.61. The second-order valence-electron chi connectivity index (χ2n) is 19.5. The molecule has 69 heavy (non-hydrogen) atoms. The van der Waals surface area contributed by atoms with E-state index in [4.69, 9.17) is 9.97 Å². The first kappa shape index (κ1) is 47.0. The molecule has 0 amide bonds. The van der Waals surface area contributed by atoms with Gasteiger partial charge in [-0.05, 0) is 104 Å². The summed E-state index contributed by atoms with van der Waals surface area (Å²) in [5, 5.41) is 13.2. The number of pyridine rings is 2. The van der Waals surface area contributed by atoms with Crippen LogP contribution in [0.15, 0.2) is 182 Å². The number of halogens is 3. The van der Waals surface area contributed by atoms with Gasteiger partial charge in [0.2, 0.25) is 0 Å². The maximum Gasteiger partial charge on any atom is 0.416 e. The summed E-state index contributed by atoms with van der Waals surface area (Å²) in [5.41, 5.74) is 14.1. The molecule has 1 N–H and O–H groups in total. The van der Waals surface area contributed by atoms with Crippen LogP contribution in [0.4, 0.5) is 13.2 Å². The van der Waals surface area contributed by atoms with Crippen molar-refractivity contribution in [2.75, 3.05) is 0 Å². The maximum absolute atomic E-state index is 13.6. The minimum Gasteiger partial charge on any atom is -0.507 e. The van der Waals surface area contributed by atoms with E-state index < -0.39 is 11.7 Å². The van der Waals surface area contributed by atoms with Crippen LogP contribution in [0.2, 0.25) is 0 Å². The summed E-state index contributed by atoms with van der Waals surface area (Å²) in [7, 11) is 0. The average molecular weight is 1090 g/mol. The molecule has 0 spiro atoms. The normalized spacial score (nSPS) is 12.1. The minimum atomic E-state index is -4.43. The number of hydrogen-bond acceptors (Lipinski definition) is 3. The Balaban J connectivity index is 0.00000593. The van der Waals surface area contributed by atoms with Crippen LogP contribution in [0.5, 0.6) is 5.75 Å². The number of hydrogen-bond donors (Lipinski definition) is 1. The van der Waals surface area contributed by atoms with E-state index in [1.54, 1.807) is 12.1 Å². The Hall–Kier alpha value is -7.08. The van der Waals surface area contributed by atoms with Crippen molar-refractivity contribution in [2.24, 2.45) is 0 Å². The fraction of sp³-hybridized carbons (Fsp3) is 0.148. The zero-order valence-electron chi connectivity index (χ0n) is 39.1. The van der Waals surface area contributed by atoms with E-state index in [1.807, 2.05) is 85.1 Å². The molecule has 8 heteroatoms. The number of aromatic hydroxyl groups is 1. The molecular formula is C61H49F3N3OPt-. The number of fused-ring (bicyclic) bond motifs is 3. The third kappa shape index (κ3) is 9.28. The molecule has 0 unspecified atom stereocenters. The molecule has 0 atom stereocenters. The molecule has 346 valence electrons. The summed E-state index contributed by atoms with van der Waals surface area (Å²) in [6, 6.07) is 59.8. The molecule has 0 bridgehead atoms. The molecule has 0 aliphatic heterocycles. The van der Waals surface area contributed by atoms with Gasteiger partial charge >= 0.3 is 6.18 Å². The topological polar surface area (TPSA) is 50.9 Å². The number of aromatic nitrogens is 3. The second kappa shape index (κ2) is 18.1. The fourth-order valence-corrected chi connectivity index (χ4v) is 9.03. The SMILES string of the molecule is CC(C)(C)c1cc(-c2cc(-c3[c-]c(-c4cc(-c5cccc6c7ccccc7n(-c7ccc(-c8cccc(C(F)(F)F)c8)cc7)c56)ccn4)ccc3)nc(-c3ccccc3O)c2)cc(C(C)(C)C)c1.[Pt]. The zero-order valence-corrected chi connectivity index (χ0v) is 41.3. The van der Waals surface area contributed by atoms with E-state index in [-0.39, 0.29) is 37.6 Å². The van der Waals surface area contributed by atoms with Crippen molar-refractivity contribution >= 4 is 21.8 Å². The predicted molar refractivity (Wildman–Crippen MR) is 272 cm³/mol. The molecule has 4 nitrogen and oxygen atoms in total. The van der Waals surface area contributed by atoms with Crippen molar-refractivity contribution in [2.45, 2.75) is 58.5 Å². The van der Waals surface area contributed by atoms with Gasteiger partial charge in [0.25, 0.3) is 0 Å². The number of rotatable bonds is 7. The molecule has 0 radical (unpaired) electrons. The molecule has 0 aliphatic rings. The van der Waals surface area contributed by atoms with Gasteiger partial charge in [0, 0.05) is 66.2 Å². The smallest absolute Gasteiger partial charge is 0.416 e. The van der Waals surface area contributed by atoms with E-state index in [1.165, 1.54) is 23.3 Å². The predicted octanol–water partition coefficient (Wildman–Crippen LogP) is 16.7. The molecule has 7 aromatic carbocycles. The third-order valence-corrected chi connectivity index (χ3v) is 12.8. The van der Waals surface area contributed by atoms with Crippen LogP contribution in [-0.2, 0) is 38.1 Å². The molecule has 3 aromatic heterocycles. The standard InChI is InChI=1S/C61H49F3N3O.Pt/c1-59(2,3)46-32-43(33-47(37-46)60(4,5)6)44-35-54(66-55(36-44)52-19-8-10-23-57(52)68)42-16-11-15-41(30-42)53-34-40(28-29-65-53)49-20-13-21-51-50-18-7-9-22-56(50)67(58(49)51)48-26-24-38(25-27-48)39-14-12-17-45(31-39)61(62,63)64;/h7-29,31-37,68H,1-6H3;/q-1;. The number of benzene rings is 7. The van der Waals surface area contributed by atoms with Crippen molar-refractivity contribution in [3.63, 3.8) is 0 Å². The Bertz CT molecular complexity index is 3510. The van der Waals surface area contributed by atoms with Crippen molar-refractivity contribution in [3.05, 3.63) is 205 Å². The summed E-state index contributed by atoms with van der Waals surface area (Å²) in [4.78, 5) is 10.1. The van der Waals surface area contributed by atoms with Crippen LogP contribution in [0.1, 0.15) is 58.2 Å². The van der Waals surface area contributed by atoms with E-state index in [2.05, 4.69) is 119 Å². The van der Waals surface area contributed by atoms with Crippen molar-refractivity contribution in [3.8, 4) is 78.6 Å². The molecular weight excluding hydrogens is 1040 g/mol. The monoisotopic (exact) mass is 1090 g/mol. The first-order valence-electron chi connectivity index (χ1n) is 22.8. The van der Waals surface area contributed by atoms with Gasteiger partial charge in [-0.1, -0.05) is 156 Å². The number of para-hydroxylation sites is 3. The number of phenolic OH excluding ortho intramolecular Hbond substituents is 1. The molecule has 10 rings (SSSR count). The van der Waals surface area contributed by atoms with Crippen LogP contribution in [0, 0.1) is 6.07 Å². The number of nitrogens with zero attached hydrogens (tertiary/aromatic N) is 3. The van der Waals surface area contributed by atoms with E-state index in [0.717, 1.165) is 72.6 Å². The molecule has 0 aliphatic carbocycles. The van der Waals surface area contributed by atoms with Crippen LogP contribution in [-0.4, -0.2) is 19.6 Å². The fourth-order valence-electron chi connectivity index (χ4n) is 9.03. The van der Waals surface area contributed by atoms with Crippen molar-refractivity contribution in [1.82, 2.24) is 14.5 Å². The van der Waals surface area contributed by atoms with Gasteiger partial charge in [-0.25, -0.2) is 0 Å². The van der Waals surface area contributed by atoms with Crippen LogP contribution in [0.3, 0.4) is 0 Å². The molecule has 0 saturated carbocycles. The Labute approximate surface area is 415 Å². The summed E-state index contributed by atoms with van der Waals surface area (Å²) < 4.78 is 43.1. The average Bonchev–Trinajstić information content (AvgIpc) is 3.68. The molecule has 3 heterocycles. The Morgan fingerprint density at radius 1 is 0.478 bits per heavy atom. The van der Waals surface area contributed by atoms with Gasteiger partial charge in [0.05, 0.1) is 22.3 Å². The minimum absolute atomic E-state index is 0.